The van der Waals surface area contributed by atoms with Gasteiger partial charge in [0, 0.05) is 12.7 Å². The average molecular weight is 305 g/mol. The van der Waals surface area contributed by atoms with E-state index in [9.17, 15) is 0 Å². The van der Waals surface area contributed by atoms with Crippen molar-refractivity contribution in [1.82, 2.24) is 9.97 Å². The van der Waals surface area contributed by atoms with Crippen molar-refractivity contribution < 1.29 is 4.74 Å². The average Bonchev–Trinajstić information content (AvgIpc) is 2.54. The number of hydrogen-bond acceptors (Lipinski definition) is 4. The minimum absolute atomic E-state index is 0.403. The van der Waals surface area contributed by atoms with Gasteiger partial charge in [0.05, 0.1) is 12.6 Å². The molecule has 1 saturated heterocycles. The predicted molar refractivity (Wildman–Crippen MR) is 62.3 cm³/mol. The molecule has 0 aliphatic carbocycles. The Hall–Kier alpha value is -0.430. The first-order valence-corrected chi connectivity index (χ1v) is 5.67. The van der Waals surface area contributed by atoms with E-state index in [0.29, 0.717) is 6.04 Å². The van der Waals surface area contributed by atoms with Crippen molar-refractivity contribution in [3.05, 3.63) is 15.6 Å². The number of rotatable bonds is 2. The monoisotopic (exact) mass is 305 g/mol. The number of aromatic nitrogens is 2. The Bertz CT molecular complexity index is 306. The SMILES string of the molecule is Cc1nc(I)cc(N[C@H]2CCOC2)n1. The first-order chi connectivity index (χ1) is 6.74. The topological polar surface area (TPSA) is 47.0 Å². The molecule has 1 aliphatic rings. The quantitative estimate of drug-likeness (QED) is 0.666. The third kappa shape index (κ3) is 2.54. The lowest BCUT2D eigenvalue weighted by Gasteiger charge is -2.11. The van der Waals surface area contributed by atoms with Crippen LogP contribution in [0.3, 0.4) is 0 Å². The second-order valence-electron chi connectivity index (χ2n) is 3.33. The number of nitrogens with zero attached hydrogens (tertiary/aromatic N) is 2. The fourth-order valence-corrected chi connectivity index (χ4v) is 2.11. The molecular weight excluding hydrogens is 293 g/mol. The molecule has 0 aromatic carbocycles. The smallest absolute Gasteiger partial charge is 0.131 e. The van der Waals surface area contributed by atoms with Crippen LogP contribution in [0.25, 0.3) is 0 Å². The third-order valence-corrected chi connectivity index (χ3v) is 2.64. The molecule has 0 saturated carbocycles. The van der Waals surface area contributed by atoms with Crippen LogP contribution in [-0.4, -0.2) is 29.2 Å². The van der Waals surface area contributed by atoms with Crippen molar-refractivity contribution in [2.75, 3.05) is 18.5 Å². The zero-order chi connectivity index (χ0) is 9.97. The van der Waals surface area contributed by atoms with E-state index in [1.807, 2.05) is 13.0 Å². The van der Waals surface area contributed by atoms with Crippen LogP contribution in [0.4, 0.5) is 5.82 Å². The molecule has 14 heavy (non-hydrogen) atoms. The van der Waals surface area contributed by atoms with Crippen molar-refractivity contribution in [2.24, 2.45) is 0 Å². The van der Waals surface area contributed by atoms with Gasteiger partial charge in [0.25, 0.3) is 0 Å². The summed E-state index contributed by atoms with van der Waals surface area (Å²) in [6.45, 7) is 3.52. The largest absolute Gasteiger partial charge is 0.379 e. The first kappa shape index (κ1) is 10.1. The Morgan fingerprint density at radius 3 is 3.07 bits per heavy atom. The minimum Gasteiger partial charge on any atom is -0.379 e. The molecule has 0 bridgehead atoms. The van der Waals surface area contributed by atoms with Gasteiger partial charge >= 0.3 is 0 Å². The van der Waals surface area contributed by atoms with E-state index in [2.05, 4.69) is 37.9 Å². The van der Waals surface area contributed by atoms with Gasteiger partial charge in [-0.05, 0) is 35.9 Å². The first-order valence-electron chi connectivity index (χ1n) is 4.59. The molecule has 0 unspecified atom stereocenters. The van der Waals surface area contributed by atoms with Crippen molar-refractivity contribution in [3.63, 3.8) is 0 Å². The fraction of sp³-hybridized carbons (Fsp3) is 0.556. The Labute approximate surface area is 96.6 Å². The summed E-state index contributed by atoms with van der Waals surface area (Å²) >= 11 is 2.20. The highest BCUT2D eigenvalue weighted by Crippen LogP contribution is 2.13. The molecule has 2 heterocycles. The van der Waals surface area contributed by atoms with Crippen molar-refractivity contribution >= 4 is 28.4 Å². The molecule has 2 rings (SSSR count). The highest BCUT2D eigenvalue weighted by atomic mass is 127. The maximum atomic E-state index is 5.28. The number of ether oxygens (including phenoxy) is 1. The van der Waals surface area contributed by atoms with Gasteiger partial charge in [-0.2, -0.15) is 0 Å². The molecule has 76 valence electrons. The van der Waals surface area contributed by atoms with Crippen molar-refractivity contribution in [3.8, 4) is 0 Å². The molecule has 1 fully saturated rings. The number of anilines is 1. The minimum atomic E-state index is 0.403. The van der Waals surface area contributed by atoms with E-state index in [-0.39, 0.29) is 0 Å². The second kappa shape index (κ2) is 4.39. The van der Waals surface area contributed by atoms with Crippen LogP contribution < -0.4 is 5.32 Å². The van der Waals surface area contributed by atoms with Crippen LogP contribution in [0, 0.1) is 10.6 Å². The molecule has 4 nitrogen and oxygen atoms in total. The lowest BCUT2D eigenvalue weighted by atomic mass is 10.2. The molecule has 1 aliphatic heterocycles. The maximum absolute atomic E-state index is 5.28. The lowest BCUT2D eigenvalue weighted by Crippen LogP contribution is -2.20. The van der Waals surface area contributed by atoms with Gasteiger partial charge in [0.15, 0.2) is 0 Å². The van der Waals surface area contributed by atoms with Crippen LogP contribution in [0.1, 0.15) is 12.2 Å². The summed E-state index contributed by atoms with van der Waals surface area (Å²) in [6, 6.07) is 2.35. The van der Waals surface area contributed by atoms with Gasteiger partial charge in [-0.25, -0.2) is 9.97 Å². The number of nitrogens with one attached hydrogen (secondary N) is 1. The summed E-state index contributed by atoms with van der Waals surface area (Å²) in [5.74, 6) is 1.70. The molecule has 1 aromatic rings. The zero-order valence-electron chi connectivity index (χ0n) is 7.96. The Morgan fingerprint density at radius 2 is 2.43 bits per heavy atom. The molecule has 1 atom stereocenters. The van der Waals surface area contributed by atoms with Crippen LogP contribution >= 0.6 is 22.6 Å². The Balaban J connectivity index is 2.07. The summed E-state index contributed by atoms with van der Waals surface area (Å²) in [7, 11) is 0. The standard InChI is InChI=1S/C9H12IN3O/c1-6-11-8(10)4-9(12-6)13-7-2-3-14-5-7/h4,7H,2-3,5H2,1H3,(H,11,12,13)/t7-/m0/s1. The fourth-order valence-electron chi connectivity index (χ4n) is 1.46. The zero-order valence-corrected chi connectivity index (χ0v) is 10.1. The van der Waals surface area contributed by atoms with Gasteiger partial charge in [-0.3, -0.25) is 0 Å². The third-order valence-electron chi connectivity index (χ3n) is 2.09. The van der Waals surface area contributed by atoms with Gasteiger partial charge in [-0.15, -0.1) is 0 Å². The molecule has 1 N–H and O–H groups in total. The van der Waals surface area contributed by atoms with E-state index < -0.39 is 0 Å². The van der Waals surface area contributed by atoms with Gasteiger partial charge in [0.2, 0.25) is 0 Å². The Kier molecular flexibility index (Phi) is 3.17. The van der Waals surface area contributed by atoms with Crippen molar-refractivity contribution in [1.29, 1.82) is 0 Å². The van der Waals surface area contributed by atoms with Crippen LogP contribution in [0.2, 0.25) is 0 Å². The van der Waals surface area contributed by atoms with Crippen LogP contribution in [0.15, 0.2) is 6.07 Å². The summed E-state index contributed by atoms with van der Waals surface area (Å²) in [5.41, 5.74) is 0. The van der Waals surface area contributed by atoms with Gasteiger partial charge < -0.3 is 10.1 Å². The van der Waals surface area contributed by atoms with Crippen LogP contribution in [-0.2, 0) is 4.74 Å². The molecule has 5 heteroatoms. The van der Waals surface area contributed by atoms with E-state index >= 15 is 0 Å². The molecular formula is C9H12IN3O. The van der Waals surface area contributed by atoms with Crippen molar-refractivity contribution in [2.45, 2.75) is 19.4 Å². The summed E-state index contributed by atoms with van der Waals surface area (Å²) in [5, 5.41) is 3.34. The molecule has 1 aromatic heterocycles. The van der Waals surface area contributed by atoms with E-state index in [1.165, 1.54) is 0 Å². The lowest BCUT2D eigenvalue weighted by molar-refractivity contribution is 0.195. The van der Waals surface area contributed by atoms with E-state index in [0.717, 1.165) is 35.0 Å². The number of hydrogen-bond donors (Lipinski definition) is 1. The molecule has 0 spiro atoms. The normalized spacial score (nSPS) is 21.1. The van der Waals surface area contributed by atoms with Gasteiger partial charge in [0.1, 0.15) is 15.3 Å². The summed E-state index contributed by atoms with van der Waals surface area (Å²) in [6.07, 6.45) is 1.06. The maximum Gasteiger partial charge on any atom is 0.131 e. The molecule has 0 amide bonds. The predicted octanol–water partition coefficient (Wildman–Crippen LogP) is 1.59. The van der Waals surface area contributed by atoms with E-state index in [1.54, 1.807) is 0 Å². The molecule has 0 radical (unpaired) electrons. The summed E-state index contributed by atoms with van der Waals surface area (Å²) in [4.78, 5) is 8.53. The number of aryl methyl sites for hydroxylation is 1. The Morgan fingerprint density at radius 1 is 1.57 bits per heavy atom. The second-order valence-corrected chi connectivity index (χ2v) is 4.43. The highest BCUT2D eigenvalue weighted by Gasteiger charge is 2.15. The van der Waals surface area contributed by atoms with E-state index in [4.69, 9.17) is 4.74 Å². The van der Waals surface area contributed by atoms with Crippen LogP contribution in [0.5, 0.6) is 0 Å². The summed E-state index contributed by atoms with van der Waals surface area (Å²) < 4.78 is 6.25. The highest BCUT2D eigenvalue weighted by molar-refractivity contribution is 14.1. The number of halogens is 1. The van der Waals surface area contributed by atoms with Gasteiger partial charge in [-0.1, -0.05) is 0 Å².